The molecule has 0 aliphatic carbocycles. The minimum absolute atomic E-state index is 0.00430. The van der Waals surface area contributed by atoms with E-state index < -0.39 is 114 Å². The number of carbonyl (C=O) groups excluding carboxylic acids is 5. The number of cyclic esters (lactones) is 1. The first-order chi connectivity index (χ1) is 37.4. The number of likely N-dealkylation sites (N-methyl/N-ethyl adjacent to an activating group) is 1. The molecule has 80 heavy (non-hydrogen) atoms. The zero-order valence-corrected chi connectivity index (χ0v) is 46.6. The highest BCUT2D eigenvalue weighted by Crippen LogP contribution is 2.44. The van der Waals surface area contributed by atoms with Crippen LogP contribution < -0.4 is 10.7 Å². The number of aromatic nitrogens is 2. The minimum atomic E-state index is -4.73. The van der Waals surface area contributed by atoms with Crippen molar-refractivity contribution >= 4 is 40.5 Å². The number of hydrazine groups is 1. The Morgan fingerprint density at radius 1 is 0.988 bits per heavy atom. The molecule has 0 saturated carbocycles. The average Bonchev–Trinajstić information content (AvgIpc) is 4.06. The normalized spacial score (nSPS) is 22.8. The maximum absolute atomic E-state index is 15.1. The number of alkyl halides is 5. The molecule has 22 heteroatoms. The number of benzene rings is 2. The fourth-order valence-electron chi connectivity index (χ4n) is 11.3. The Bertz CT molecular complexity index is 3110. The van der Waals surface area contributed by atoms with Crippen LogP contribution in [0.4, 0.5) is 22.0 Å². The molecule has 6 heterocycles. The van der Waals surface area contributed by atoms with Gasteiger partial charge in [-0.05, 0) is 104 Å². The largest absolute Gasteiger partial charge is 0.462 e. The Morgan fingerprint density at radius 2 is 1.71 bits per heavy atom. The number of aliphatic hydroxyl groups is 2. The van der Waals surface area contributed by atoms with Gasteiger partial charge in [-0.15, -0.1) is 0 Å². The molecule has 4 amide bonds. The van der Waals surface area contributed by atoms with E-state index in [9.17, 15) is 47.4 Å². The van der Waals surface area contributed by atoms with E-state index in [1.54, 1.807) is 52.8 Å². The number of amides is 4. The Labute approximate surface area is 462 Å². The molecule has 6 bridgehead atoms. The van der Waals surface area contributed by atoms with Crippen molar-refractivity contribution in [1.82, 2.24) is 40.0 Å². The molecular formula is C58H71F5N8O9. The Morgan fingerprint density at radius 3 is 2.36 bits per heavy atom. The number of β-amino-alcohol motifs (C(OH)–C–C–N with tert-alkyl or cyclic N) is 1. The van der Waals surface area contributed by atoms with Crippen LogP contribution in [0.2, 0.25) is 0 Å². The van der Waals surface area contributed by atoms with Gasteiger partial charge >= 0.3 is 12.1 Å². The number of nitrogens with zero attached hydrogens (tertiary/aromatic N) is 6. The second-order valence-corrected chi connectivity index (χ2v) is 23.3. The van der Waals surface area contributed by atoms with E-state index in [-0.39, 0.29) is 67.7 Å². The van der Waals surface area contributed by atoms with E-state index in [1.165, 1.54) is 49.5 Å². The number of esters is 1. The molecule has 4 aliphatic rings. The number of carbonyl (C=O) groups is 5. The summed E-state index contributed by atoms with van der Waals surface area (Å²) in [6, 6.07) is 8.78. The Balaban J connectivity index is 1.20. The lowest BCUT2D eigenvalue weighted by Crippen LogP contribution is -2.67. The van der Waals surface area contributed by atoms with Crippen LogP contribution in [0.25, 0.3) is 33.3 Å². The van der Waals surface area contributed by atoms with Crippen molar-refractivity contribution in [3.63, 3.8) is 0 Å². The topological polar surface area (TPSA) is 199 Å². The molecule has 5 atom stereocenters. The lowest BCUT2D eigenvalue weighted by atomic mass is 9.84. The fraction of sp³-hybridized carbons (Fsp3) is 0.552. The van der Waals surface area contributed by atoms with Crippen LogP contribution in [0.5, 0.6) is 0 Å². The van der Waals surface area contributed by atoms with Gasteiger partial charge in [-0.2, -0.15) is 18.6 Å². The van der Waals surface area contributed by atoms with Gasteiger partial charge in [-0.3, -0.25) is 34.1 Å². The van der Waals surface area contributed by atoms with E-state index >= 15 is 8.78 Å². The summed E-state index contributed by atoms with van der Waals surface area (Å²) in [7, 11) is 2.76. The molecule has 432 valence electrons. The monoisotopic (exact) mass is 1120 g/mol. The molecular weight excluding hydrogens is 1050 g/mol. The standard InChI is InChI=1S/C58H71F5N8O9/c1-34(2)47(67(8)52(75)56(77)19-24-68(31-56)45(72)16-18-55(6,7)69-21-12-22-69)50(73)65-43-27-36-25-38(28-39(26-36)49(59)60)37-14-15-44-41(29-37)42(30-54(4,5)33-80-53(76)57(78)17-11-23-71(66-57)51(43)74)48(70(44)32-58(61,62)63)40-13-10-20-64-46(40)35(3)79-9/h10,13-15,20,25-26,28-29,34-35,43,47,49,66,77-78H,11-12,17,19,21-24,27,30-33H2,1-9H3,(H,65,73)/t35-,43-,47-,56+,57-/m0/s1. The smallest absolute Gasteiger partial charge is 0.406 e. The molecule has 3 fully saturated rings. The number of hydrogen-bond donors (Lipinski definition) is 4. The number of pyridine rings is 1. The van der Waals surface area contributed by atoms with Crippen LogP contribution in [-0.4, -0.2) is 158 Å². The van der Waals surface area contributed by atoms with Crippen molar-refractivity contribution in [2.45, 2.75) is 141 Å². The Kier molecular flexibility index (Phi) is 17.0. The van der Waals surface area contributed by atoms with E-state index in [4.69, 9.17) is 9.47 Å². The van der Waals surface area contributed by atoms with E-state index in [0.717, 1.165) is 40.1 Å². The lowest BCUT2D eigenvalue weighted by molar-refractivity contribution is -0.189. The van der Waals surface area contributed by atoms with Gasteiger partial charge < -0.3 is 39.4 Å². The molecule has 0 unspecified atom stereocenters. The number of rotatable bonds is 11. The molecule has 0 radical (unpaired) electrons. The quantitative estimate of drug-likeness (QED) is 0.0726. The number of halogens is 5. The average molecular weight is 1120 g/mol. The maximum Gasteiger partial charge on any atom is 0.406 e. The molecule has 2 aromatic carbocycles. The first kappa shape index (κ1) is 59.6. The van der Waals surface area contributed by atoms with E-state index in [2.05, 4.69) is 32.5 Å². The number of methoxy groups -OCH3 is 1. The molecule has 17 nitrogen and oxygen atoms in total. The predicted octanol–water partition coefficient (Wildman–Crippen LogP) is 6.48. The summed E-state index contributed by atoms with van der Waals surface area (Å²) in [5.74, 6) is 0.617. The molecule has 4 aromatic rings. The molecule has 4 aliphatic heterocycles. The highest BCUT2D eigenvalue weighted by atomic mass is 19.4. The maximum atomic E-state index is 15.1. The fourth-order valence-corrected chi connectivity index (χ4v) is 11.3. The van der Waals surface area contributed by atoms with Gasteiger partial charge in [0.05, 0.1) is 36.2 Å². The van der Waals surface area contributed by atoms with Crippen LogP contribution in [-0.2, 0) is 52.8 Å². The number of nitrogens with one attached hydrogen (secondary N) is 2. The van der Waals surface area contributed by atoms with Gasteiger partial charge in [0.15, 0.2) is 5.60 Å². The summed E-state index contributed by atoms with van der Waals surface area (Å²) in [6.45, 7) is 11.6. The third kappa shape index (κ3) is 12.5. The van der Waals surface area contributed by atoms with Gasteiger partial charge in [0.1, 0.15) is 18.6 Å². The summed E-state index contributed by atoms with van der Waals surface area (Å²) in [5, 5.41) is 27.8. The second-order valence-electron chi connectivity index (χ2n) is 23.3. The van der Waals surface area contributed by atoms with Gasteiger partial charge in [0, 0.05) is 93.2 Å². The van der Waals surface area contributed by atoms with Crippen molar-refractivity contribution in [2.75, 3.05) is 53.5 Å². The highest BCUT2D eigenvalue weighted by Gasteiger charge is 2.49. The van der Waals surface area contributed by atoms with E-state index in [0.29, 0.717) is 27.8 Å². The van der Waals surface area contributed by atoms with Gasteiger partial charge in [-0.25, -0.2) is 13.6 Å². The van der Waals surface area contributed by atoms with Crippen LogP contribution in [0.15, 0.2) is 54.7 Å². The number of hydrogen-bond acceptors (Lipinski definition) is 12. The molecule has 0 spiro atoms. The van der Waals surface area contributed by atoms with Crippen LogP contribution in [0.1, 0.15) is 109 Å². The molecule has 4 N–H and O–H groups in total. The summed E-state index contributed by atoms with van der Waals surface area (Å²) in [4.78, 5) is 80.4. The SMILES string of the molecule is CO[C@@H](C)c1ncccc1-c1c2c3cc(ccc3n1CC(F)(F)F)-c1cc(cc(C(F)F)c1)C[C@H](NC(=O)[C@H](C(C)C)N(C)C(=O)[C@@]1(O)CCN(C(=O)C#CC(C)(C)N3CCC3)C1)C(=O)N1CCC[C@@](O)(N1)C(=O)OCC(C)(C)C2. The zero-order valence-electron chi connectivity index (χ0n) is 46.6. The minimum Gasteiger partial charge on any atom is -0.462 e. The summed E-state index contributed by atoms with van der Waals surface area (Å²) >= 11 is 0. The number of fused-ring (bicyclic) bond motifs is 6. The third-order valence-electron chi connectivity index (χ3n) is 15.8. The number of likely N-dealkylation sites (tertiary alicyclic amines) is 2. The van der Waals surface area contributed by atoms with Crippen LogP contribution in [0, 0.1) is 23.2 Å². The van der Waals surface area contributed by atoms with Crippen molar-refractivity contribution < 1.29 is 65.6 Å². The van der Waals surface area contributed by atoms with Gasteiger partial charge in [0.25, 0.3) is 24.1 Å². The molecule has 8 rings (SSSR count). The first-order valence-electron chi connectivity index (χ1n) is 26.9. The van der Waals surface area contributed by atoms with Crippen molar-refractivity contribution in [3.05, 3.63) is 77.1 Å². The van der Waals surface area contributed by atoms with Crippen molar-refractivity contribution in [2.24, 2.45) is 11.3 Å². The lowest BCUT2D eigenvalue weighted by Gasteiger charge is -2.41. The Hall–Kier alpha value is -6.51. The first-order valence-corrected chi connectivity index (χ1v) is 26.9. The summed E-state index contributed by atoms with van der Waals surface area (Å²) in [6.07, 6.45) is -6.77. The summed E-state index contributed by atoms with van der Waals surface area (Å²) < 4.78 is 87.3. The van der Waals surface area contributed by atoms with Crippen LogP contribution in [0.3, 0.4) is 0 Å². The third-order valence-corrected chi connectivity index (χ3v) is 15.8. The predicted molar refractivity (Wildman–Crippen MR) is 286 cm³/mol. The van der Waals surface area contributed by atoms with E-state index in [1.807, 2.05) is 13.8 Å². The summed E-state index contributed by atoms with van der Waals surface area (Å²) in [5.41, 5.74) is -2.12. The van der Waals surface area contributed by atoms with Gasteiger partial charge in [0.2, 0.25) is 11.6 Å². The van der Waals surface area contributed by atoms with Crippen molar-refractivity contribution in [1.29, 1.82) is 0 Å². The second kappa shape index (κ2) is 22.8. The van der Waals surface area contributed by atoms with Crippen LogP contribution >= 0.6 is 0 Å². The zero-order chi connectivity index (χ0) is 58.4. The van der Waals surface area contributed by atoms with Crippen molar-refractivity contribution in [3.8, 4) is 34.2 Å². The molecule has 3 saturated heterocycles. The highest BCUT2D eigenvalue weighted by molar-refractivity contribution is 5.98. The molecule has 2 aromatic heterocycles. The van der Waals surface area contributed by atoms with Gasteiger partial charge in [-0.1, -0.05) is 51.8 Å². The number of ether oxygens (including phenoxy) is 2.